The van der Waals surface area contributed by atoms with Crippen molar-refractivity contribution < 1.29 is 14.7 Å². The van der Waals surface area contributed by atoms with Gasteiger partial charge in [-0.2, -0.15) is 4.80 Å². The van der Waals surface area contributed by atoms with E-state index in [4.69, 9.17) is 0 Å². The minimum atomic E-state index is -1.12. The Morgan fingerprint density at radius 3 is 2.50 bits per heavy atom. The van der Waals surface area contributed by atoms with Gasteiger partial charge in [-0.15, -0.1) is 5.10 Å². The van der Waals surface area contributed by atoms with Crippen molar-refractivity contribution >= 4 is 17.8 Å². The molecule has 1 rings (SSSR count). The highest BCUT2D eigenvalue weighted by Gasteiger charge is 2.38. The fourth-order valence-electron chi connectivity index (χ4n) is 1.36. The normalized spacial score (nSPS) is 14.3. The lowest BCUT2D eigenvalue weighted by Crippen LogP contribution is -2.37. The van der Waals surface area contributed by atoms with E-state index < -0.39 is 17.3 Å². The number of carbonyl (C=O) groups excluding carboxylic acids is 1. The molecule has 0 aliphatic rings. The van der Waals surface area contributed by atoms with Gasteiger partial charge in [0.1, 0.15) is 0 Å². The SMILES string of the molecule is CC(C)C(C)(CC(=O)Nc1nnn(C)n1)C(=O)O. The zero-order valence-corrected chi connectivity index (χ0v) is 10.8. The molecule has 0 saturated carbocycles. The number of nitrogens with one attached hydrogen (secondary N) is 1. The summed E-state index contributed by atoms with van der Waals surface area (Å²) in [5, 5.41) is 22.6. The largest absolute Gasteiger partial charge is 0.481 e. The lowest BCUT2D eigenvalue weighted by molar-refractivity contribution is -0.153. The predicted octanol–water partition coefficient (Wildman–Crippen LogP) is 0.286. The van der Waals surface area contributed by atoms with E-state index in [1.165, 1.54) is 4.80 Å². The van der Waals surface area contributed by atoms with Crippen molar-refractivity contribution in [1.29, 1.82) is 0 Å². The Labute approximate surface area is 104 Å². The van der Waals surface area contributed by atoms with Crippen LogP contribution in [-0.4, -0.2) is 37.2 Å². The van der Waals surface area contributed by atoms with Gasteiger partial charge in [-0.05, 0) is 18.1 Å². The number of nitrogens with zero attached hydrogens (tertiary/aromatic N) is 4. The minimum Gasteiger partial charge on any atom is -0.481 e. The van der Waals surface area contributed by atoms with Crippen molar-refractivity contribution in [3.05, 3.63) is 0 Å². The van der Waals surface area contributed by atoms with E-state index in [1.807, 2.05) is 0 Å². The maximum absolute atomic E-state index is 11.8. The number of amides is 1. The van der Waals surface area contributed by atoms with Gasteiger partial charge in [0, 0.05) is 6.42 Å². The Hall–Kier alpha value is -1.99. The Morgan fingerprint density at radius 2 is 2.11 bits per heavy atom. The van der Waals surface area contributed by atoms with Gasteiger partial charge in [0.05, 0.1) is 12.5 Å². The van der Waals surface area contributed by atoms with Crippen LogP contribution in [0.25, 0.3) is 0 Å². The highest BCUT2D eigenvalue weighted by Crippen LogP contribution is 2.31. The molecule has 0 bridgehead atoms. The van der Waals surface area contributed by atoms with Crippen molar-refractivity contribution in [3.8, 4) is 0 Å². The van der Waals surface area contributed by atoms with Crippen LogP contribution in [0, 0.1) is 11.3 Å². The summed E-state index contributed by atoms with van der Waals surface area (Å²) in [6.45, 7) is 5.08. The van der Waals surface area contributed by atoms with Crippen molar-refractivity contribution in [2.45, 2.75) is 27.2 Å². The van der Waals surface area contributed by atoms with E-state index in [1.54, 1.807) is 27.8 Å². The van der Waals surface area contributed by atoms with Crippen LogP contribution in [0.1, 0.15) is 27.2 Å². The minimum absolute atomic E-state index is 0.0685. The first-order valence-corrected chi connectivity index (χ1v) is 5.53. The molecule has 0 aliphatic carbocycles. The molecule has 0 aliphatic heterocycles. The second-order valence-corrected chi connectivity index (χ2v) is 4.70. The maximum atomic E-state index is 11.8. The highest BCUT2D eigenvalue weighted by molar-refractivity contribution is 5.92. The maximum Gasteiger partial charge on any atom is 0.310 e. The van der Waals surface area contributed by atoms with Gasteiger partial charge in [-0.3, -0.25) is 14.9 Å². The number of hydrogen-bond acceptors (Lipinski definition) is 5. The molecule has 0 saturated heterocycles. The number of aromatic nitrogens is 4. The molecular weight excluding hydrogens is 238 g/mol. The van der Waals surface area contributed by atoms with E-state index in [0.717, 1.165) is 0 Å². The van der Waals surface area contributed by atoms with E-state index in [0.29, 0.717) is 0 Å². The molecule has 1 aromatic heterocycles. The average molecular weight is 255 g/mol. The average Bonchev–Trinajstić information content (AvgIpc) is 2.62. The number of carbonyl (C=O) groups is 2. The lowest BCUT2D eigenvalue weighted by atomic mass is 9.76. The predicted molar refractivity (Wildman–Crippen MR) is 62.6 cm³/mol. The standard InChI is InChI=1S/C10H17N5O3/c1-6(2)10(3,8(17)18)5-7(16)11-9-12-14-15(4)13-9/h6H,5H2,1-4H3,(H,17,18)(H,11,13,16). The summed E-state index contributed by atoms with van der Waals surface area (Å²) in [6.07, 6.45) is -0.141. The number of aryl methyl sites for hydroxylation is 1. The molecule has 2 N–H and O–H groups in total. The van der Waals surface area contributed by atoms with Crippen LogP contribution in [-0.2, 0) is 16.6 Å². The Kier molecular flexibility index (Phi) is 4.00. The molecule has 1 unspecified atom stereocenters. The Bertz CT molecular complexity index is 456. The number of carboxylic acid groups (broad SMARTS) is 1. The van der Waals surface area contributed by atoms with Crippen molar-refractivity contribution in [3.63, 3.8) is 0 Å². The van der Waals surface area contributed by atoms with Crippen LogP contribution in [0.5, 0.6) is 0 Å². The molecule has 1 atom stereocenters. The summed E-state index contributed by atoms with van der Waals surface area (Å²) >= 11 is 0. The molecule has 0 aromatic carbocycles. The molecule has 0 spiro atoms. The van der Waals surface area contributed by atoms with Crippen molar-refractivity contribution in [2.24, 2.45) is 18.4 Å². The molecule has 100 valence electrons. The molecule has 1 heterocycles. The first-order chi connectivity index (χ1) is 8.25. The molecule has 1 amide bonds. The highest BCUT2D eigenvalue weighted by atomic mass is 16.4. The molecule has 0 radical (unpaired) electrons. The van der Waals surface area contributed by atoms with Gasteiger partial charge in [-0.25, -0.2) is 0 Å². The third-order valence-electron chi connectivity index (χ3n) is 3.05. The smallest absolute Gasteiger partial charge is 0.310 e. The lowest BCUT2D eigenvalue weighted by Gasteiger charge is -2.27. The molecule has 8 nitrogen and oxygen atoms in total. The van der Waals surface area contributed by atoms with Gasteiger partial charge < -0.3 is 5.11 Å². The summed E-state index contributed by atoms with van der Waals surface area (Å²) in [4.78, 5) is 24.2. The van der Waals surface area contributed by atoms with Gasteiger partial charge in [0.15, 0.2) is 0 Å². The number of carboxylic acids is 1. The van der Waals surface area contributed by atoms with E-state index in [2.05, 4.69) is 20.7 Å². The topological polar surface area (TPSA) is 110 Å². The number of anilines is 1. The molecule has 18 heavy (non-hydrogen) atoms. The third kappa shape index (κ3) is 3.02. The summed E-state index contributed by atoms with van der Waals surface area (Å²) in [6, 6.07) is 0. The second kappa shape index (κ2) is 5.11. The number of rotatable bonds is 5. The van der Waals surface area contributed by atoms with E-state index in [9.17, 15) is 14.7 Å². The molecule has 8 heteroatoms. The number of aliphatic carboxylic acids is 1. The van der Waals surface area contributed by atoms with Gasteiger partial charge >= 0.3 is 5.97 Å². The quantitative estimate of drug-likeness (QED) is 0.782. The van der Waals surface area contributed by atoms with Gasteiger partial charge in [-0.1, -0.05) is 18.9 Å². The van der Waals surface area contributed by atoms with Crippen LogP contribution in [0.15, 0.2) is 0 Å². The van der Waals surface area contributed by atoms with Gasteiger partial charge in [0.2, 0.25) is 5.91 Å². The van der Waals surface area contributed by atoms with E-state index >= 15 is 0 Å². The summed E-state index contributed by atoms with van der Waals surface area (Å²) in [5.74, 6) is -1.55. The second-order valence-electron chi connectivity index (χ2n) is 4.70. The summed E-state index contributed by atoms with van der Waals surface area (Å²) in [5.41, 5.74) is -1.12. The first kappa shape index (κ1) is 14.1. The first-order valence-electron chi connectivity index (χ1n) is 5.53. The van der Waals surface area contributed by atoms with Gasteiger partial charge in [0.25, 0.3) is 5.95 Å². The zero-order valence-electron chi connectivity index (χ0n) is 10.8. The molecule has 0 fully saturated rings. The summed E-state index contributed by atoms with van der Waals surface area (Å²) in [7, 11) is 1.57. The third-order valence-corrected chi connectivity index (χ3v) is 3.05. The molecule has 1 aromatic rings. The van der Waals surface area contributed by atoms with Crippen molar-refractivity contribution in [1.82, 2.24) is 20.2 Å². The Balaban J connectivity index is 2.71. The van der Waals surface area contributed by atoms with E-state index in [-0.39, 0.29) is 18.3 Å². The fraction of sp³-hybridized carbons (Fsp3) is 0.700. The number of tetrazole rings is 1. The molecular formula is C10H17N5O3. The van der Waals surface area contributed by atoms with Crippen LogP contribution in [0.3, 0.4) is 0 Å². The monoisotopic (exact) mass is 255 g/mol. The summed E-state index contributed by atoms with van der Waals surface area (Å²) < 4.78 is 0. The zero-order chi connectivity index (χ0) is 13.9. The van der Waals surface area contributed by atoms with Crippen molar-refractivity contribution in [2.75, 3.05) is 5.32 Å². The van der Waals surface area contributed by atoms with Crippen LogP contribution in [0.4, 0.5) is 5.95 Å². The fourth-order valence-corrected chi connectivity index (χ4v) is 1.36. The Morgan fingerprint density at radius 1 is 1.50 bits per heavy atom. The van der Waals surface area contributed by atoms with Crippen LogP contribution < -0.4 is 5.32 Å². The number of hydrogen-bond donors (Lipinski definition) is 2. The van der Waals surface area contributed by atoms with Crippen LogP contribution in [0.2, 0.25) is 0 Å². The van der Waals surface area contributed by atoms with Crippen LogP contribution >= 0.6 is 0 Å².